The number of nitrogens with zero attached hydrogens (tertiary/aromatic N) is 1. The summed E-state index contributed by atoms with van der Waals surface area (Å²) >= 11 is 0. The average Bonchev–Trinajstić information content (AvgIpc) is 3.10. The van der Waals surface area contributed by atoms with Gasteiger partial charge in [0.1, 0.15) is 5.75 Å². The van der Waals surface area contributed by atoms with Crippen LogP contribution in [0.1, 0.15) is 28.2 Å². The van der Waals surface area contributed by atoms with E-state index in [0.717, 1.165) is 22.3 Å². The van der Waals surface area contributed by atoms with Gasteiger partial charge in [0, 0.05) is 12.0 Å². The summed E-state index contributed by atoms with van der Waals surface area (Å²) in [7, 11) is 1.56. The van der Waals surface area contributed by atoms with Crippen LogP contribution in [0.4, 0.5) is 5.69 Å². The Bertz CT molecular complexity index is 1200. The maximum atomic E-state index is 13.9. The zero-order chi connectivity index (χ0) is 21.3. The highest BCUT2D eigenvalue weighted by Crippen LogP contribution is 2.64. The van der Waals surface area contributed by atoms with E-state index in [9.17, 15) is 14.7 Å². The van der Waals surface area contributed by atoms with Gasteiger partial charge in [-0.1, -0.05) is 54.6 Å². The van der Waals surface area contributed by atoms with Crippen molar-refractivity contribution in [2.24, 2.45) is 11.8 Å². The summed E-state index contributed by atoms with van der Waals surface area (Å²) in [6.07, 6.45) is 0. The van der Waals surface area contributed by atoms with Gasteiger partial charge in [-0.25, -0.2) is 4.90 Å². The standard InChI is InChI=1S/C26H21NO4/c1-31-16-8-6-7-15(13-16)27-24(29)22-21-17-9-2-4-11-19(17)26(14-28,23(22)25(27)30)20-12-5-3-10-18(20)21/h2-13,21-23,28H,14H2,1H3/t21?,22-,23+,26?/m1/s1. The Labute approximate surface area is 179 Å². The molecule has 0 unspecified atom stereocenters. The maximum Gasteiger partial charge on any atom is 0.239 e. The number of aliphatic hydroxyl groups is 1. The molecule has 2 atom stereocenters. The molecular weight excluding hydrogens is 390 g/mol. The molecule has 154 valence electrons. The first-order valence-corrected chi connectivity index (χ1v) is 10.4. The maximum absolute atomic E-state index is 13.9. The van der Waals surface area contributed by atoms with Crippen molar-refractivity contribution in [2.75, 3.05) is 18.6 Å². The molecule has 7 rings (SSSR count). The van der Waals surface area contributed by atoms with E-state index in [0.29, 0.717) is 11.4 Å². The van der Waals surface area contributed by atoms with E-state index in [-0.39, 0.29) is 24.3 Å². The van der Waals surface area contributed by atoms with Gasteiger partial charge in [-0.05, 0) is 34.4 Å². The molecule has 2 amide bonds. The molecule has 31 heavy (non-hydrogen) atoms. The van der Waals surface area contributed by atoms with E-state index < -0.39 is 17.3 Å². The van der Waals surface area contributed by atoms with E-state index in [1.54, 1.807) is 31.4 Å². The fraction of sp³-hybridized carbons (Fsp3) is 0.231. The Kier molecular flexibility index (Phi) is 3.72. The Balaban J connectivity index is 1.62. The van der Waals surface area contributed by atoms with Crippen molar-refractivity contribution in [1.82, 2.24) is 0 Å². The first-order valence-electron chi connectivity index (χ1n) is 10.4. The van der Waals surface area contributed by atoms with Crippen LogP contribution >= 0.6 is 0 Å². The Morgan fingerprint density at radius 2 is 1.55 bits per heavy atom. The number of methoxy groups -OCH3 is 1. The van der Waals surface area contributed by atoms with Crippen LogP contribution in [0.15, 0.2) is 72.8 Å². The number of imide groups is 1. The van der Waals surface area contributed by atoms with Crippen LogP contribution in [-0.2, 0) is 15.0 Å². The van der Waals surface area contributed by atoms with Gasteiger partial charge in [-0.15, -0.1) is 0 Å². The largest absolute Gasteiger partial charge is 0.497 e. The minimum absolute atomic E-state index is 0.210. The second-order valence-electron chi connectivity index (χ2n) is 8.50. The number of carbonyl (C=O) groups is 2. The van der Waals surface area contributed by atoms with Gasteiger partial charge in [-0.3, -0.25) is 9.59 Å². The summed E-state index contributed by atoms with van der Waals surface area (Å²) in [5.74, 6) is -1.29. The van der Waals surface area contributed by atoms with Crippen LogP contribution in [0.2, 0.25) is 0 Å². The van der Waals surface area contributed by atoms with Crippen LogP contribution in [-0.4, -0.2) is 30.6 Å². The second kappa shape index (κ2) is 6.28. The smallest absolute Gasteiger partial charge is 0.239 e. The molecule has 5 heteroatoms. The highest BCUT2D eigenvalue weighted by molar-refractivity contribution is 6.23. The zero-order valence-electron chi connectivity index (χ0n) is 17.0. The van der Waals surface area contributed by atoms with Gasteiger partial charge in [0.2, 0.25) is 11.8 Å². The first-order chi connectivity index (χ1) is 15.1. The molecule has 2 bridgehead atoms. The lowest BCUT2D eigenvalue weighted by atomic mass is 9.47. The first kappa shape index (κ1) is 18.3. The third-order valence-corrected chi connectivity index (χ3v) is 7.35. The van der Waals surface area contributed by atoms with Crippen molar-refractivity contribution in [3.63, 3.8) is 0 Å². The predicted octanol–water partition coefficient (Wildman–Crippen LogP) is 3.24. The number of hydrogen-bond acceptors (Lipinski definition) is 4. The number of aliphatic hydroxyl groups excluding tert-OH is 1. The van der Waals surface area contributed by atoms with E-state index in [1.165, 1.54) is 4.90 Å². The molecule has 3 aliphatic carbocycles. The van der Waals surface area contributed by atoms with Crippen molar-refractivity contribution in [1.29, 1.82) is 0 Å². The molecule has 0 radical (unpaired) electrons. The number of hydrogen-bond donors (Lipinski definition) is 1. The number of carbonyl (C=O) groups excluding carboxylic acids is 2. The molecule has 1 fully saturated rings. The lowest BCUT2D eigenvalue weighted by molar-refractivity contribution is -0.124. The molecule has 4 aliphatic rings. The van der Waals surface area contributed by atoms with E-state index in [4.69, 9.17) is 4.74 Å². The van der Waals surface area contributed by atoms with Crippen LogP contribution in [0.25, 0.3) is 0 Å². The summed E-state index contributed by atoms with van der Waals surface area (Å²) in [6, 6.07) is 22.9. The Morgan fingerprint density at radius 1 is 0.903 bits per heavy atom. The van der Waals surface area contributed by atoms with Gasteiger partial charge < -0.3 is 9.84 Å². The number of rotatable bonds is 3. The number of amides is 2. The zero-order valence-corrected chi connectivity index (χ0v) is 17.0. The quantitative estimate of drug-likeness (QED) is 0.672. The summed E-state index contributed by atoms with van der Waals surface area (Å²) in [5, 5.41) is 10.8. The minimum Gasteiger partial charge on any atom is -0.497 e. The highest BCUT2D eigenvalue weighted by atomic mass is 16.5. The summed E-state index contributed by atoms with van der Waals surface area (Å²) < 4.78 is 5.31. The van der Waals surface area contributed by atoms with Gasteiger partial charge >= 0.3 is 0 Å². The second-order valence-corrected chi connectivity index (χ2v) is 8.50. The highest BCUT2D eigenvalue weighted by Gasteiger charge is 2.68. The molecule has 0 aromatic heterocycles. The SMILES string of the molecule is COc1cccc(N2C(=O)[C@@H]3C4c5ccccc5C(CO)(c5ccccc54)[C@@H]3C2=O)c1. The summed E-state index contributed by atoms with van der Waals surface area (Å²) in [5.41, 5.74) is 3.54. The predicted molar refractivity (Wildman–Crippen MR) is 115 cm³/mol. The van der Waals surface area contributed by atoms with Crippen LogP contribution in [0, 0.1) is 11.8 Å². The molecule has 0 spiro atoms. The van der Waals surface area contributed by atoms with E-state index >= 15 is 0 Å². The molecule has 1 heterocycles. The van der Waals surface area contributed by atoms with Crippen molar-refractivity contribution < 1.29 is 19.4 Å². The third kappa shape index (κ3) is 2.09. The fourth-order valence-electron chi connectivity index (χ4n) is 6.20. The molecule has 1 aliphatic heterocycles. The molecule has 1 N–H and O–H groups in total. The van der Waals surface area contributed by atoms with Gasteiger partial charge in [-0.2, -0.15) is 0 Å². The van der Waals surface area contributed by atoms with Gasteiger partial charge in [0.15, 0.2) is 0 Å². The lowest BCUT2D eigenvalue weighted by Gasteiger charge is -2.53. The van der Waals surface area contributed by atoms with E-state index in [1.807, 2.05) is 48.5 Å². The summed E-state index contributed by atoms with van der Waals surface area (Å²) in [4.78, 5) is 29.0. The molecule has 0 saturated carbocycles. The van der Waals surface area contributed by atoms with Crippen molar-refractivity contribution >= 4 is 17.5 Å². The third-order valence-electron chi connectivity index (χ3n) is 7.35. The molecule has 1 saturated heterocycles. The molecular formula is C26H21NO4. The van der Waals surface area contributed by atoms with Gasteiger partial charge in [0.25, 0.3) is 0 Å². The number of ether oxygens (including phenoxy) is 1. The molecule has 3 aromatic carbocycles. The number of anilines is 1. The van der Waals surface area contributed by atoms with Crippen LogP contribution in [0.3, 0.4) is 0 Å². The molecule has 5 nitrogen and oxygen atoms in total. The monoisotopic (exact) mass is 411 g/mol. The Morgan fingerprint density at radius 3 is 2.16 bits per heavy atom. The number of benzene rings is 3. The fourth-order valence-corrected chi connectivity index (χ4v) is 6.20. The van der Waals surface area contributed by atoms with E-state index in [2.05, 4.69) is 0 Å². The lowest BCUT2D eigenvalue weighted by Crippen LogP contribution is -2.55. The minimum atomic E-state index is -0.938. The summed E-state index contributed by atoms with van der Waals surface area (Å²) in [6.45, 7) is -0.236. The van der Waals surface area contributed by atoms with Crippen molar-refractivity contribution in [3.05, 3.63) is 95.1 Å². The topological polar surface area (TPSA) is 66.8 Å². The van der Waals surface area contributed by atoms with Gasteiger partial charge in [0.05, 0.1) is 36.7 Å². The Hall–Kier alpha value is -3.44. The molecule has 3 aromatic rings. The van der Waals surface area contributed by atoms with Crippen LogP contribution < -0.4 is 9.64 Å². The van der Waals surface area contributed by atoms with Crippen molar-refractivity contribution in [3.8, 4) is 5.75 Å². The van der Waals surface area contributed by atoms with Crippen molar-refractivity contribution in [2.45, 2.75) is 11.3 Å². The average molecular weight is 411 g/mol. The normalized spacial score (nSPS) is 27.7. The van der Waals surface area contributed by atoms with Crippen LogP contribution in [0.5, 0.6) is 5.75 Å².